The Bertz CT molecular complexity index is 1170. The number of amides is 2. The van der Waals surface area contributed by atoms with Crippen molar-refractivity contribution in [1.29, 1.82) is 0 Å². The lowest BCUT2D eigenvalue weighted by molar-refractivity contribution is 0.0746. The van der Waals surface area contributed by atoms with Gasteiger partial charge in [0.15, 0.2) is 0 Å². The Morgan fingerprint density at radius 3 is 2.33 bits per heavy atom. The summed E-state index contributed by atoms with van der Waals surface area (Å²) < 4.78 is 1.49. The van der Waals surface area contributed by atoms with Crippen molar-refractivity contribution < 1.29 is 9.59 Å². The monoisotopic (exact) mass is 445 g/mol. The zero-order valence-corrected chi connectivity index (χ0v) is 18.6. The largest absolute Gasteiger partial charge is 0.353 e. The molecule has 1 N–H and O–H groups in total. The van der Waals surface area contributed by atoms with E-state index in [9.17, 15) is 14.4 Å². The molecule has 4 rings (SSSR count). The van der Waals surface area contributed by atoms with E-state index in [4.69, 9.17) is 0 Å². The maximum atomic E-state index is 12.9. The highest BCUT2D eigenvalue weighted by Gasteiger charge is 2.22. The third-order valence-electron chi connectivity index (χ3n) is 5.78. The van der Waals surface area contributed by atoms with Crippen LogP contribution < -0.4 is 15.8 Å². The Kier molecular flexibility index (Phi) is 6.83. The summed E-state index contributed by atoms with van der Waals surface area (Å²) in [4.78, 5) is 45.4. The Morgan fingerprint density at radius 2 is 1.67 bits per heavy atom. The number of carbonyl (C=O) groups excluding carboxylic acids is 2. The molecule has 1 aliphatic heterocycles. The first-order chi connectivity index (χ1) is 16.0. The van der Waals surface area contributed by atoms with Crippen molar-refractivity contribution in [3.8, 4) is 0 Å². The van der Waals surface area contributed by atoms with Crippen molar-refractivity contribution in [1.82, 2.24) is 19.8 Å². The first-order valence-electron chi connectivity index (χ1n) is 11.1. The molecule has 0 spiro atoms. The van der Waals surface area contributed by atoms with Gasteiger partial charge in [-0.15, -0.1) is 0 Å². The molecule has 0 unspecified atom stereocenters. The van der Waals surface area contributed by atoms with E-state index in [2.05, 4.69) is 15.2 Å². The fraction of sp³-hybridized carbons (Fsp3) is 0.280. The number of nitrogens with zero attached hydrogens (tertiary/aromatic N) is 4. The minimum absolute atomic E-state index is 0.00748. The quantitative estimate of drug-likeness (QED) is 0.628. The van der Waals surface area contributed by atoms with Crippen LogP contribution in [0.2, 0.25) is 0 Å². The van der Waals surface area contributed by atoms with Crippen LogP contribution in [0.25, 0.3) is 0 Å². The van der Waals surface area contributed by atoms with E-state index in [-0.39, 0.29) is 17.4 Å². The maximum Gasteiger partial charge on any atom is 0.253 e. The van der Waals surface area contributed by atoms with Gasteiger partial charge in [-0.05, 0) is 42.8 Å². The number of nitrogens with one attached hydrogen (secondary N) is 1. The zero-order chi connectivity index (χ0) is 23.2. The molecule has 3 heterocycles. The van der Waals surface area contributed by atoms with E-state index in [1.807, 2.05) is 42.2 Å². The van der Waals surface area contributed by atoms with Gasteiger partial charge < -0.3 is 19.7 Å². The van der Waals surface area contributed by atoms with Gasteiger partial charge >= 0.3 is 0 Å². The summed E-state index contributed by atoms with van der Waals surface area (Å²) in [6.07, 6.45) is 3.34. The smallest absolute Gasteiger partial charge is 0.253 e. The van der Waals surface area contributed by atoms with Crippen LogP contribution in [-0.4, -0.2) is 52.4 Å². The Balaban J connectivity index is 1.30. The van der Waals surface area contributed by atoms with Gasteiger partial charge in [-0.3, -0.25) is 14.4 Å². The van der Waals surface area contributed by atoms with E-state index >= 15 is 0 Å². The van der Waals surface area contributed by atoms with Crippen LogP contribution >= 0.6 is 0 Å². The van der Waals surface area contributed by atoms with Gasteiger partial charge in [0.1, 0.15) is 5.82 Å². The van der Waals surface area contributed by atoms with E-state index < -0.39 is 0 Å². The number of benzene rings is 1. The van der Waals surface area contributed by atoms with Crippen molar-refractivity contribution in [2.45, 2.75) is 20.0 Å². The predicted octanol–water partition coefficient (Wildman–Crippen LogP) is 2.16. The number of piperazine rings is 1. The summed E-state index contributed by atoms with van der Waals surface area (Å²) in [5, 5.41) is 2.86. The number of aryl methyl sites for hydroxylation is 1. The van der Waals surface area contributed by atoms with Gasteiger partial charge in [0.2, 0.25) is 0 Å². The molecule has 3 aromatic rings. The number of pyridine rings is 2. The van der Waals surface area contributed by atoms with Crippen molar-refractivity contribution >= 4 is 17.6 Å². The predicted molar refractivity (Wildman–Crippen MR) is 126 cm³/mol. The van der Waals surface area contributed by atoms with Crippen LogP contribution in [0.3, 0.4) is 0 Å². The van der Waals surface area contributed by atoms with Crippen LogP contribution in [0.4, 0.5) is 5.82 Å². The van der Waals surface area contributed by atoms with Gasteiger partial charge in [-0.1, -0.05) is 18.2 Å². The summed E-state index contributed by atoms with van der Waals surface area (Å²) in [6, 6.07) is 16.1. The van der Waals surface area contributed by atoms with E-state index in [0.717, 1.165) is 24.5 Å². The highest BCUT2D eigenvalue weighted by atomic mass is 16.2. The van der Waals surface area contributed by atoms with E-state index in [0.29, 0.717) is 37.3 Å². The van der Waals surface area contributed by atoms with Gasteiger partial charge in [-0.25, -0.2) is 4.98 Å². The lowest BCUT2D eigenvalue weighted by atomic mass is 10.1. The van der Waals surface area contributed by atoms with Crippen molar-refractivity contribution in [3.63, 3.8) is 0 Å². The number of carbonyl (C=O) groups is 2. The van der Waals surface area contributed by atoms with E-state index in [1.165, 1.54) is 16.7 Å². The third-order valence-corrected chi connectivity index (χ3v) is 5.78. The molecule has 1 aromatic carbocycles. The molecular formula is C25H27N5O3. The lowest BCUT2D eigenvalue weighted by Gasteiger charge is -2.35. The second-order valence-electron chi connectivity index (χ2n) is 7.89. The molecule has 0 atom stereocenters. The second-order valence-corrected chi connectivity index (χ2v) is 7.89. The Morgan fingerprint density at radius 1 is 0.939 bits per heavy atom. The molecule has 0 bridgehead atoms. The molecule has 0 radical (unpaired) electrons. The number of hydrogen-bond donors (Lipinski definition) is 1. The second kappa shape index (κ2) is 10.1. The summed E-state index contributed by atoms with van der Waals surface area (Å²) in [7, 11) is 0. The molecule has 33 heavy (non-hydrogen) atoms. The molecule has 1 saturated heterocycles. The Hall–Kier alpha value is -3.94. The average Bonchev–Trinajstić information content (AvgIpc) is 2.88. The van der Waals surface area contributed by atoms with Crippen molar-refractivity contribution in [2.75, 3.05) is 31.1 Å². The number of hydrogen-bond acceptors (Lipinski definition) is 5. The molecule has 2 amide bonds. The normalized spacial score (nSPS) is 13.6. The SMILES string of the molecule is CCn1cc(C(=O)NCc2ccc(C(=O)N3CCN(c4ccccn4)CC3)cc2)ccc1=O. The van der Waals surface area contributed by atoms with Gasteiger partial charge in [-0.2, -0.15) is 0 Å². The molecular weight excluding hydrogens is 418 g/mol. The molecule has 1 fully saturated rings. The summed E-state index contributed by atoms with van der Waals surface area (Å²) >= 11 is 0. The van der Waals surface area contributed by atoms with Gasteiger partial charge in [0.05, 0.1) is 5.56 Å². The molecule has 2 aromatic heterocycles. The number of anilines is 1. The highest BCUT2D eigenvalue weighted by Crippen LogP contribution is 2.15. The minimum Gasteiger partial charge on any atom is -0.353 e. The fourth-order valence-electron chi connectivity index (χ4n) is 3.82. The molecule has 8 heteroatoms. The number of rotatable bonds is 6. The molecule has 1 aliphatic rings. The summed E-state index contributed by atoms with van der Waals surface area (Å²) in [5.74, 6) is 0.695. The Labute approximate surface area is 192 Å². The lowest BCUT2D eigenvalue weighted by Crippen LogP contribution is -2.49. The minimum atomic E-state index is -0.247. The van der Waals surface area contributed by atoms with Crippen LogP contribution in [0, 0.1) is 0 Å². The van der Waals surface area contributed by atoms with Crippen LogP contribution in [0.1, 0.15) is 33.2 Å². The summed E-state index contributed by atoms with van der Waals surface area (Å²) in [5.41, 5.74) is 1.83. The third kappa shape index (κ3) is 5.28. The summed E-state index contributed by atoms with van der Waals surface area (Å²) in [6.45, 7) is 5.48. The standard InChI is InChI=1S/C25H27N5O3/c1-2-28-18-21(10-11-23(28)31)24(32)27-17-19-6-8-20(9-7-19)25(33)30-15-13-29(14-16-30)22-5-3-4-12-26-22/h3-12,18H,2,13-17H2,1H3,(H,27,32). The maximum absolute atomic E-state index is 12.9. The topological polar surface area (TPSA) is 87.5 Å². The fourth-order valence-corrected chi connectivity index (χ4v) is 3.82. The molecule has 170 valence electrons. The van der Waals surface area contributed by atoms with Gasteiger partial charge in [0, 0.05) is 63.3 Å². The molecule has 8 nitrogen and oxygen atoms in total. The van der Waals surface area contributed by atoms with Crippen LogP contribution in [0.5, 0.6) is 0 Å². The van der Waals surface area contributed by atoms with Crippen molar-refractivity contribution in [3.05, 3.63) is 94.0 Å². The van der Waals surface area contributed by atoms with Crippen LogP contribution in [0.15, 0.2) is 71.8 Å². The zero-order valence-electron chi connectivity index (χ0n) is 18.6. The average molecular weight is 446 g/mol. The molecule has 0 aliphatic carbocycles. The van der Waals surface area contributed by atoms with Gasteiger partial charge in [0.25, 0.3) is 17.4 Å². The van der Waals surface area contributed by atoms with Crippen LogP contribution in [-0.2, 0) is 13.1 Å². The number of aromatic nitrogens is 2. The first kappa shape index (κ1) is 22.3. The highest BCUT2D eigenvalue weighted by molar-refractivity contribution is 5.95. The van der Waals surface area contributed by atoms with Crippen molar-refractivity contribution in [2.24, 2.45) is 0 Å². The van der Waals surface area contributed by atoms with E-state index in [1.54, 1.807) is 24.5 Å². The molecule has 0 saturated carbocycles. The first-order valence-corrected chi connectivity index (χ1v) is 11.1.